The highest BCUT2D eigenvalue weighted by Crippen LogP contribution is 2.06. The fraction of sp³-hybridized carbons (Fsp3) is 0.462. The van der Waals surface area contributed by atoms with Crippen LogP contribution in [0, 0.1) is 6.07 Å². The van der Waals surface area contributed by atoms with Gasteiger partial charge >= 0.3 is 5.97 Å². The molecule has 2 nitrogen and oxygen atoms in total. The van der Waals surface area contributed by atoms with Crippen molar-refractivity contribution >= 4 is 5.97 Å². The normalized spacial score (nSPS) is 9.93. The van der Waals surface area contributed by atoms with Gasteiger partial charge < -0.3 is 4.74 Å². The minimum absolute atomic E-state index is 0.0844. The van der Waals surface area contributed by atoms with Crippen LogP contribution < -0.4 is 0 Å². The number of hydrogen-bond donors (Lipinski definition) is 0. The number of aryl methyl sites for hydroxylation is 1. The molecule has 81 valence electrons. The molecule has 0 atom stereocenters. The Morgan fingerprint density at radius 3 is 2.73 bits per heavy atom. The van der Waals surface area contributed by atoms with E-state index in [0.29, 0.717) is 13.0 Å². The van der Waals surface area contributed by atoms with Gasteiger partial charge in [-0.1, -0.05) is 24.3 Å². The van der Waals surface area contributed by atoms with Gasteiger partial charge in [0.1, 0.15) is 0 Å². The molecular weight excluding hydrogens is 188 g/mol. The van der Waals surface area contributed by atoms with Crippen LogP contribution in [-0.2, 0) is 16.0 Å². The second-order valence-electron chi connectivity index (χ2n) is 3.42. The Morgan fingerprint density at radius 2 is 2.07 bits per heavy atom. The van der Waals surface area contributed by atoms with Crippen molar-refractivity contribution in [3.05, 3.63) is 35.9 Å². The number of hydrogen-bond acceptors (Lipinski definition) is 2. The van der Waals surface area contributed by atoms with E-state index in [0.717, 1.165) is 19.3 Å². The Kier molecular flexibility index (Phi) is 5.52. The highest BCUT2D eigenvalue weighted by atomic mass is 16.5. The van der Waals surface area contributed by atoms with E-state index in [-0.39, 0.29) is 5.97 Å². The molecule has 0 N–H and O–H groups in total. The number of unbranched alkanes of at least 4 members (excludes halogenated alkanes) is 1. The Labute approximate surface area is 91.3 Å². The Hall–Kier alpha value is -1.31. The number of benzene rings is 1. The largest absolute Gasteiger partial charge is 0.466 e. The van der Waals surface area contributed by atoms with E-state index in [2.05, 4.69) is 18.2 Å². The molecule has 1 aromatic carbocycles. The van der Waals surface area contributed by atoms with Crippen molar-refractivity contribution in [1.29, 1.82) is 0 Å². The first-order chi connectivity index (χ1) is 7.33. The van der Waals surface area contributed by atoms with E-state index >= 15 is 0 Å². The van der Waals surface area contributed by atoms with Crippen molar-refractivity contribution in [2.45, 2.75) is 32.6 Å². The van der Waals surface area contributed by atoms with Crippen molar-refractivity contribution in [1.82, 2.24) is 0 Å². The van der Waals surface area contributed by atoms with Crippen LogP contribution in [0.3, 0.4) is 0 Å². The van der Waals surface area contributed by atoms with Crippen molar-refractivity contribution in [3.63, 3.8) is 0 Å². The molecule has 0 heterocycles. The van der Waals surface area contributed by atoms with Gasteiger partial charge in [0, 0.05) is 6.42 Å². The molecule has 0 aliphatic carbocycles. The predicted octanol–water partition coefficient (Wildman–Crippen LogP) is 2.76. The van der Waals surface area contributed by atoms with Gasteiger partial charge in [-0.15, -0.1) is 0 Å². The molecule has 0 aliphatic heterocycles. The van der Waals surface area contributed by atoms with Crippen molar-refractivity contribution in [2.24, 2.45) is 0 Å². The van der Waals surface area contributed by atoms with Gasteiger partial charge in [-0.3, -0.25) is 4.79 Å². The van der Waals surface area contributed by atoms with Gasteiger partial charge in [-0.2, -0.15) is 0 Å². The van der Waals surface area contributed by atoms with Crippen LogP contribution in [0.15, 0.2) is 24.3 Å². The third-order valence-electron chi connectivity index (χ3n) is 2.19. The molecule has 0 saturated heterocycles. The molecule has 0 aromatic heterocycles. The lowest BCUT2D eigenvalue weighted by molar-refractivity contribution is -0.143. The molecule has 0 aliphatic rings. The topological polar surface area (TPSA) is 26.3 Å². The number of esters is 1. The van der Waals surface area contributed by atoms with Crippen LogP contribution in [0.5, 0.6) is 0 Å². The van der Waals surface area contributed by atoms with Crippen molar-refractivity contribution in [3.8, 4) is 0 Å². The lowest BCUT2D eigenvalue weighted by atomic mass is 10.1. The second-order valence-corrected chi connectivity index (χ2v) is 3.42. The van der Waals surface area contributed by atoms with E-state index in [1.54, 1.807) is 0 Å². The molecule has 0 spiro atoms. The minimum atomic E-state index is -0.0844. The molecule has 0 amide bonds. The summed E-state index contributed by atoms with van der Waals surface area (Å²) in [5, 5.41) is 0. The van der Waals surface area contributed by atoms with Gasteiger partial charge in [0.2, 0.25) is 0 Å². The van der Waals surface area contributed by atoms with Gasteiger partial charge in [0.15, 0.2) is 0 Å². The average molecular weight is 205 g/mol. The Morgan fingerprint density at radius 1 is 1.33 bits per heavy atom. The van der Waals surface area contributed by atoms with Gasteiger partial charge in [0.05, 0.1) is 6.61 Å². The maximum Gasteiger partial charge on any atom is 0.305 e. The Bertz CT molecular complexity index is 280. The number of rotatable bonds is 6. The highest BCUT2D eigenvalue weighted by Gasteiger charge is 2.00. The van der Waals surface area contributed by atoms with Crippen LogP contribution in [0.1, 0.15) is 31.7 Å². The first-order valence-electron chi connectivity index (χ1n) is 5.43. The molecule has 0 fully saturated rings. The molecule has 1 radical (unpaired) electrons. The van der Waals surface area contributed by atoms with Crippen LogP contribution in [0.4, 0.5) is 0 Å². The van der Waals surface area contributed by atoms with Crippen LogP contribution >= 0.6 is 0 Å². The number of ether oxygens (including phenoxy) is 1. The van der Waals surface area contributed by atoms with Crippen molar-refractivity contribution < 1.29 is 9.53 Å². The van der Waals surface area contributed by atoms with Gasteiger partial charge in [0.25, 0.3) is 0 Å². The van der Waals surface area contributed by atoms with Gasteiger partial charge in [-0.05, 0) is 37.8 Å². The molecule has 15 heavy (non-hydrogen) atoms. The van der Waals surface area contributed by atoms with E-state index in [1.807, 2.05) is 19.1 Å². The highest BCUT2D eigenvalue weighted by molar-refractivity contribution is 5.69. The molecular formula is C13H17O2. The molecule has 2 heteroatoms. The first kappa shape index (κ1) is 11.8. The summed E-state index contributed by atoms with van der Waals surface area (Å²) in [6.07, 6.45) is 3.49. The van der Waals surface area contributed by atoms with E-state index < -0.39 is 0 Å². The monoisotopic (exact) mass is 205 g/mol. The van der Waals surface area contributed by atoms with Crippen molar-refractivity contribution in [2.75, 3.05) is 6.61 Å². The first-order valence-corrected chi connectivity index (χ1v) is 5.43. The summed E-state index contributed by atoms with van der Waals surface area (Å²) in [5.41, 5.74) is 1.30. The zero-order valence-electron chi connectivity index (χ0n) is 9.16. The summed E-state index contributed by atoms with van der Waals surface area (Å²) in [6.45, 7) is 2.31. The summed E-state index contributed by atoms with van der Waals surface area (Å²) in [4.78, 5) is 11.0. The zero-order chi connectivity index (χ0) is 10.9. The minimum Gasteiger partial charge on any atom is -0.466 e. The lowest BCUT2D eigenvalue weighted by Crippen LogP contribution is -2.03. The molecule has 0 bridgehead atoms. The maximum atomic E-state index is 11.0. The van der Waals surface area contributed by atoms with Crippen LogP contribution in [0.2, 0.25) is 0 Å². The van der Waals surface area contributed by atoms with E-state index in [9.17, 15) is 4.79 Å². The number of carbonyl (C=O) groups is 1. The fourth-order valence-corrected chi connectivity index (χ4v) is 1.42. The Balaban J connectivity index is 2.10. The maximum absolute atomic E-state index is 11.0. The summed E-state index contributed by atoms with van der Waals surface area (Å²) in [7, 11) is 0. The standard InChI is InChI=1S/C13H17O2/c1-2-15-13(14)11-7-6-10-12-8-4-3-5-9-12/h4-5,8-9H,2,6-7,10-11H2,1H3. The van der Waals surface area contributed by atoms with Gasteiger partial charge in [-0.25, -0.2) is 0 Å². The fourth-order valence-electron chi connectivity index (χ4n) is 1.42. The summed E-state index contributed by atoms with van der Waals surface area (Å²) >= 11 is 0. The summed E-state index contributed by atoms with van der Waals surface area (Å²) in [5.74, 6) is -0.0844. The summed E-state index contributed by atoms with van der Waals surface area (Å²) in [6, 6.07) is 10.9. The molecule has 0 unspecified atom stereocenters. The molecule has 1 aromatic rings. The molecule has 0 saturated carbocycles. The van der Waals surface area contributed by atoms with E-state index in [4.69, 9.17) is 4.74 Å². The molecule has 1 rings (SSSR count). The van der Waals surface area contributed by atoms with Crippen LogP contribution in [0.25, 0.3) is 0 Å². The third kappa shape index (κ3) is 5.21. The smallest absolute Gasteiger partial charge is 0.305 e. The zero-order valence-corrected chi connectivity index (χ0v) is 9.16. The average Bonchev–Trinajstić information content (AvgIpc) is 2.26. The second kappa shape index (κ2) is 7.04. The predicted molar refractivity (Wildman–Crippen MR) is 59.5 cm³/mol. The van der Waals surface area contributed by atoms with Crippen LogP contribution in [-0.4, -0.2) is 12.6 Å². The summed E-state index contributed by atoms with van der Waals surface area (Å²) < 4.78 is 4.85. The third-order valence-corrected chi connectivity index (χ3v) is 2.19. The SMILES string of the molecule is CCOC(=O)CCCCc1cc[c]cc1. The number of carbonyl (C=O) groups excluding carboxylic acids is 1. The quantitative estimate of drug-likeness (QED) is 0.527. The van der Waals surface area contributed by atoms with E-state index in [1.165, 1.54) is 5.56 Å². The lowest BCUT2D eigenvalue weighted by Gasteiger charge is -2.02.